The van der Waals surface area contributed by atoms with Crippen molar-refractivity contribution in [2.24, 2.45) is 0 Å². The molecule has 0 spiro atoms. The van der Waals surface area contributed by atoms with E-state index >= 15 is 0 Å². The number of rotatable bonds is 11. The maximum absolute atomic E-state index is 5.61. The van der Waals surface area contributed by atoms with E-state index in [1.807, 2.05) is 0 Å². The predicted octanol–water partition coefficient (Wildman–Crippen LogP) is 5.80. The second-order valence-electron chi connectivity index (χ2n) is 5.96. The first kappa shape index (κ1) is 20.3. The molecule has 0 heterocycles. The molecule has 0 radical (unpaired) electrons. The van der Waals surface area contributed by atoms with Crippen LogP contribution in [0.5, 0.6) is 0 Å². The summed E-state index contributed by atoms with van der Waals surface area (Å²) in [5.41, 5.74) is 0. The van der Waals surface area contributed by atoms with Crippen molar-refractivity contribution >= 4 is 18.4 Å². The summed E-state index contributed by atoms with van der Waals surface area (Å²) in [6.07, 6.45) is 8.25. The van der Waals surface area contributed by atoms with E-state index in [0.29, 0.717) is 0 Å². The fourth-order valence-electron chi connectivity index (χ4n) is 2.65. The molecule has 0 fully saturated rings. The Hall–Kier alpha value is 0.319. The van der Waals surface area contributed by atoms with Gasteiger partial charge in [-0.2, -0.15) is 0 Å². The summed E-state index contributed by atoms with van der Waals surface area (Å²) in [7, 11) is 0. The summed E-state index contributed by atoms with van der Waals surface area (Å²) in [5.74, 6) is 3.47. The van der Waals surface area contributed by atoms with E-state index < -0.39 is 18.4 Å². The second kappa shape index (κ2) is 13.0. The Kier molecular flexibility index (Phi) is 13.2. The van der Waals surface area contributed by atoms with E-state index in [0.717, 1.165) is 6.61 Å². The van der Waals surface area contributed by atoms with Gasteiger partial charge in [0.25, 0.3) is 0 Å². The van der Waals surface area contributed by atoms with Gasteiger partial charge in [-0.05, 0) is 0 Å². The molecule has 2 heteroatoms. The van der Waals surface area contributed by atoms with Crippen molar-refractivity contribution < 1.29 is 4.74 Å². The quantitative estimate of drug-likeness (QED) is 0.322. The minimum atomic E-state index is -2.23. The molecule has 0 rings (SSSR count). The number of hydrogen-bond donors (Lipinski definition) is 0. The van der Waals surface area contributed by atoms with Gasteiger partial charge in [0.2, 0.25) is 0 Å². The fourth-order valence-corrected chi connectivity index (χ4v) is 16.1. The molecular weight excluding hydrogens is 351 g/mol. The summed E-state index contributed by atoms with van der Waals surface area (Å²) in [5, 5.41) is 0. The van der Waals surface area contributed by atoms with Crippen LogP contribution in [0.3, 0.4) is 0 Å². The normalized spacial score (nSPS) is 12.8. The second-order valence-corrected chi connectivity index (χ2v) is 18.3. The minimum absolute atomic E-state index is 0.126. The van der Waals surface area contributed by atoms with Crippen LogP contribution in [0.1, 0.15) is 73.1 Å². The third-order valence-corrected chi connectivity index (χ3v) is 17.1. The van der Waals surface area contributed by atoms with Crippen LogP contribution in [0.4, 0.5) is 0 Å². The molecule has 20 heavy (non-hydrogen) atoms. The first-order chi connectivity index (χ1) is 9.64. The Morgan fingerprint density at radius 2 is 1.30 bits per heavy atom. The predicted molar refractivity (Wildman–Crippen MR) is 93.8 cm³/mol. The molecule has 1 nitrogen and oxygen atoms in total. The Balaban J connectivity index is 4.91. The van der Waals surface area contributed by atoms with Crippen molar-refractivity contribution in [2.75, 3.05) is 6.61 Å². The van der Waals surface area contributed by atoms with Crippen LogP contribution in [0.15, 0.2) is 0 Å². The summed E-state index contributed by atoms with van der Waals surface area (Å²) in [4.78, 5) is 0. The van der Waals surface area contributed by atoms with Gasteiger partial charge in [0.05, 0.1) is 0 Å². The third-order valence-electron chi connectivity index (χ3n) is 3.98. The summed E-state index contributed by atoms with van der Waals surface area (Å²) < 4.78 is 13.9. The molecule has 0 saturated heterocycles. The first-order valence-corrected chi connectivity index (χ1v) is 16.3. The van der Waals surface area contributed by atoms with E-state index in [9.17, 15) is 0 Å². The van der Waals surface area contributed by atoms with Crippen molar-refractivity contribution in [3.8, 4) is 9.86 Å². The van der Waals surface area contributed by atoms with Crippen molar-refractivity contribution in [1.29, 1.82) is 0 Å². The van der Waals surface area contributed by atoms with Crippen LogP contribution in [-0.2, 0) is 4.74 Å². The van der Waals surface area contributed by atoms with Gasteiger partial charge in [0, 0.05) is 0 Å². The number of ether oxygens (including phenoxy) is 1. The van der Waals surface area contributed by atoms with Gasteiger partial charge >= 0.3 is 132 Å². The molecule has 1 atom stereocenters. The molecule has 0 aromatic heterocycles. The van der Waals surface area contributed by atoms with E-state index in [1.54, 1.807) is 0 Å². The molecule has 0 N–H and O–H groups in total. The van der Waals surface area contributed by atoms with E-state index in [2.05, 4.69) is 44.5 Å². The zero-order valence-electron chi connectivity index (χ0n) is 14.6. The molecule has 0 aromatic rings. The van der Waals surface area contributed by atoms with Crippen LogP contribution in [0.25, 0.3) is 0 Å². The van der Waals surface area contributed by atoms with E-state index in [-0.39, 0.29) is 6.10 Å². The maximum atomic E-state index is 5.61. The van der Waals surface area contributed by atoms with Crippen LogP contribution >= 0.6 is 0 Å². The zero-order chi connectivity index (χ0) is 15.3. The van der Waals surface area contributed by atoms with Crippen molar-refractivity contribution in [3.63, 3.8) is 0 Å². The van der Waals surface area contributed by atoms with Gasteiger partial charge in [0.15, 0.2) is 0 Å². The summed E-state index contributed by atoms with van der Waals surface area (Å²) in [6.45, 7) is 11.9. The molecule has 0 amide bonds. The van der Waals surface area contributed by atoms with Gasteiger partial charge in [0.1, 0.15) is 0 Å². The molecule has 118 valence electrons. The van der Waals surface area contributed by atoms with E-state index in [1.165, 1.54) is 51.8 Å². The van der Waals surface area contributed by atoms with Crippen LogP contribution in [0, 0.1) is 9.86 Å². The van der Waals surface area contributed by atoms with Crippen molar-refractivity contribution in [1.82, 2.24) is 0 Å². The van der Waals surface area contributed by atoms with Crippen LogP contribution < -0.4 is 0 Å². The Bertz CT molecular complexity index is 255. The van der Waals surface area contributed by atoms with Gasteiger partial charge in [-0.3, -0.25) is 0 Å². The molecule has 1 unspecified atom stereocenters. The van der Waals surface area contributed by atoms with E-state index in [4.69, 9.17) is 4.74 Å². The average Bonchev–Trinajstić information content (AvgIpc) is 2.46. The topological polar surface area (TPSA) is 9.23 Å². The van der Waals surface area contributed by atoms with Crippen molar-refractivity contribution in [3.05, 3.63) is 0 Å². The average molecular weight is 387 g/mol. The molecule has 0 aliphatic carbocycles. The standard InChI is InChI=1S/C6H9O.3C4H9.Sn/c1-4-6(3)7-5-2;3*1-3-4-2;/h6H,5H2,2-3H3;3*1,3-4H2,2H3;. The Labute approximate surface area is 132 Å². The summed E-state index contributed by atoms with van der Waals surface area (Å²) in [6, 6.07) is 0. The van der Waals surface area contributed by atoms with Gasteiger partial charge in [-0.1, -0.05) is 0 Å². The number of hydrogen-bond acceptors (Lipinski definition) is 1. The monoisotopic (exact) mass is 388 g/mol. The zero-order valence-corrected chi connectivity index (χ0v) is 17.4. The summed E-state index contributed by atoms with van der Waals surface area (Å²) >= 11 is -2.23. The van der Waals surface area contributed by atoms with Gasteiger partial charge in [-0.15, -0.1) is 0 Å². The van der Waals surface area contributed by atoms with Crippen LogP contribution in [-0.4, -0.2) is 31.1 Å². The van der Waals surface area contributed by atoms with Gasteiger partial charge < -0.3 is 0 Å². The fraction of sp³-hybridized carbons (Fsp3) is 0.889. The first-order valence-electron chi connectivity index (χ1n) is 8.78. The third kappa shape index (κ3) is 9.29. The van der Waals surface area contributed by atoms with Crippen LogP contribution in [0.2, 0.25) is 13.3 Å². The van der Waals surface area contributed by atoms with Gasteiger partial charge in [-0.25, -0.2) is 0 Å². The molecule has 0 saturated carbocycles. The SMILES string of the molecule is CCC[CH2][Sn]([C]#CC(C)OCC)([CH2]CCC)[CH2]CCC. The molecule has 0 aliphatic heterocycles. The number of unbranched alkanes of at least 4 members (excludes halogenated alkanes) is 3. The molecule has 0 aromatic carbocycles. The Morgan fingerprint density at radius 3 is 1.65 bits per heavy atom. The Morgan fingerprint density at radius 1 is 0.850 bits per heavy atom. The van der Waals surface area contributed by atoms with Crippen molar-refractivity contribution in [2.45, 2.75) is 92.6 Å². The molecule has 0 aliphatic rings. The molecular formula is C18H36OSn. The molecule has 0 bridgehead atoms.